The quantitative estimate of drug-likeness (QED) is 0.569. The summed E-state index contributed by atoms with van der Waals surface area (Å²) in [5.41, 5.74) is 1.35. The fraction of sp³-hybridized carbons (Fsp3) is 0.385. The first-order chi connectivity index (χ1) is 6.27. The number of hydrogen-bond donors (Lipinski definition) is 0. The summed E-state index contributed by atoms with van der Waals surface area (Å²) in [4.78, 5) is 0. The van der Waals surface area contributed by atoms with Crippen molar-refractivity contribution in [3.8, 4) is 0 Å². The van der Waals surface area contributed by atoms with Crippen molar-refractivity contribution in [1.82, 2.24) is 0 Å². The van der Waals surface area contributed by atoms with Crippen molar-refractivity contribution >= 4 is 0 Å². The van der Waals surface area contributed by atoms with Gasteiger partial charge in [-0.15, -0.1) is 6.58 Å². The van der Waals surface area contributed by atoms with E-state index in [9.17, 15) is 0 Å². The Morgan fingerprint density at radius 1 is 1.54 bits per heavy atom. The van der Waals surface area contributed by atoms with Crippen molar-refractivity contribution in [3.05, 3.63) is 48.6 Å². The van der Waals surface area contributed by atoms with Gasteiger partial charge in [-0.1, -0.05) is 50.3 Å². The fourth-order valence-corrected chi connectivity index (χ4v) is 1.38. The van der Waals surface area contributed by atoms with E-state index in [0.29, 0.717) is 11.8 Å². The number of allylic oxidation sites excluding steroid dienone is 7. The van der Waals surface area contributed by atoms with Crippen LogP contribution in [0.3, 0.4) is 0 Å². The molecular weight excluding hydrogens is 156 g/mol. The van der Waals surface area contributed by atoms with Gasteiger partial charge in [-0.2, -0.15) is 0 Å². The summed E-state index contributed by atoms with van der Waals surface area (Å²) < 4.78 is 0. The molecular formula is C13H18. The Bertz CT molecular complexity index is 253. The Morgan fingerprint density at radius 2 is 2.31 bits per heavy atom. The van der Waals surface area contributed by atoms with Crippen LogP contribution in [0, 0.1) is 11.8 Å². The highest BCUT2D eigenvalue weighted by atomic mass is 14.1. The largest absolute Gasteiger partial charge is 0.102 e. The minimum Gasteiger partial charge on any atom is -0.102 e. The maximum absolute atomic E-state index is 3.81. The zero-order valence-electron chi connectivity index (χ0n) is 8.53. The third kappa shape index (κ3) is 2.73. The van der Waals surface area contributed by atoms with Gasteiger partial charge in [-0.3, -0.25) is 0 Å². The van der Waals surface area contributed by atoms with Gasteiger partial charge in [0.05, 0.1) is 0 Å². The zero-order valence-corrected chi connectivity index (χ0v) is 8.53. The predicted molar refractivity (Wildman–Crippen MR) is 59.5 cm³/mol. The van der Waals surface area contributed by atoms with Crippen molar-refractivity contribution in [1.29, 1.82) is 0 Å². The van der Waals surface area contributed by atoms with Gasteiger partial charge in [0.2, 0.25) is 0 Å². The Balaban J connectivity index is 2.75. The van der Waals surface area contributed by atoms with Crippen LogP contribution in [-0.4, -0.2) is 0 Å². The molecule has 0 amide bonds. The minimum atomic E-state index is 0.455. The topological polar surface area (TPSA) is 0 Å². The average Bonchev–Trinajstić information content (AvgIpc) is 2.41. The molecule has 0 bridgehead atoms. The molecule has 0 saturated heterocycles. The smallest absolute Gasteiger partial charge is 0.00132 e. The van der Waals surface area contributed by atoms with E-state index in [1.54, 1.807) is 0 Å². The van der Waals surface area contributed by atoms with Crippen LogP contribution in [0.2, 0.25) is 0 Å². The molecule has 0 radical (unpaired) electrons. The molecule has 0 heteroatoms. The molecule has 0 spiro atoms. The molecule has 0 heterocycles. The van der Waals surface area contributed by atoms with Crippen molar-refractivity contribution in [3.63, 3.8) is 0 Å². The molecule has 0 fully saturated rings. The summed E-state index contributed by atoms with van der Waals surface area (Å²) in [6.45, 7) is 8.19. The Morgan fingerprint density at radius 3 is 2.92 bits per heavy atom. The van der Waals surface area contributed by atoms with E-state index < -0.39 is 0 Å². The summed E-state index contributed by atoms with van der Waals surface area (Å²) in [6.07, 6.45) is 14.2. The maximum atomic E-state index is 3.81. The molecule has 13 heavy (non-hydrogen) atoms. The van der Waals surface area contributed by atoms with Crippen LogP contribution < -0.4 is 0 Å². The van der Waals surface area contributed by atoms with E-state index in [1.807, 2.05) is 6.08 Å². The van der Waals surface area contributed by atoms with E-state index in [-0.39, 0.29) is 0 Å². The van der Waals surface area contributed by atoms with Gasteiger partial charge < -0.3 is 0 Å². The Hall–Kier alpha value is -1.04. The molecule has 0 aromatic heterocycles. The predicted octanol–water partition coefficient (Wildman–Crippen LogP) is 3.89. The second-order valence-electron chi connectivity index (χ2n) is 3.51. The first kappa shape index (κ1) is 10.0. The monoisotopic (exact) mass is 174 g/mol. The van der Waals surface area contributed by atoms with Crippen LogP contribution in [0.1, 0.15) is 20.3 Å². The third-order valence-electron chi connectivity index (χ3n) is 2.53. The van der Waals surface area contributed by atoms with Gasteiger partial charge in [0, 0.05) is 0 Å². The van der Waals surface area contributed by atoms with Crippen LogP contribution in [-0.2, 0) is 0 Å². The van der Waals surface area contributed by atoms with E-state index in [0.717, 1.165) is 0 Å². The normalized spacial score (nSPS) is 23.5. The van der Waals surface area contributed by atoms with E-state index in [4.69, 9.17) is 0 Å². The summed E-state index contributed by atoms with van der Waals surface area (Å²) >= 11 is 0. The van der Waals surface area contributed by atoms with Crippen LogP contribution in [0.5, 0.6) is 0 Å². The second-order valence-corrected chi connectivity index (χ2v) is 3.51. The molecule has 0 nitrogen and oxygen atoms in total. The van der Waals surface area contributed by atoms with E-state index in [1.165, 1.54) is 12.0 Å². The lowest BCUT2D eigenvalue weighted by Gasteiger charge is -2.05. The molecule has 0 aromatic carbocycles. The van der Waals surface area contributed by atoms with Gasteiger partial charge in [0.25, 0.3) is 0 Å². The van der Waals surface area contributed by atoms with Crippen LogP contribution >= 0.6 is 0 Å². The molecule has 0 N–H and O–H groups in total. The maximum Gasteiger partial charge on any atom is -0.00132 e. The highest BCUT2D eigenvalue weighted by Crippen LogP contribution is 2.19. The highest BCUT2D eigenvalue weighted by molar-refractivity contribution is 5.32. The first-order valence-corrected chi connectivity index (χ1v) is 4.97. The summed E-state index contributed by atoms with van der Waals surface area (Å²) in [6, 6.07) is 0. The highest BCUT2D eigenvalue weighted by Gasteiger charge is 2.04. The van der Waals surface area contributed by atoms with E-state index in [2.05, 4.69) is 50.8 Å². The van der Waals surface area contributed by atoms with Crippen LogP contribution in [0.4, 0.5) is 0 Å². The van der Waals surface area contributed by atoms with E-state index >= 15 is 0 Å². The fourth-order valence-electron chi connectivity index (χ4n) is 1.38. The summed E-state index contributed by atoms with van der Waals surface area (Å²) in [5, 5.41) is 0. The summed E-state index contributed by atoms with van der Waals surface area (Å²) in [5.74, 6) is 1.06. The molecule has 1 aliphatic rings. The van der Waals surface area contributed by atoms with Crippen LogP contribution in [0.15, 0.2) is 48.6 Å². The zero-order chi connectivity index (χ0) is 9.68. The first-order valence-electron chi connectivity index (χ1n) is 4.97. The van der Waals surface area contributed by atoms with Crippen molar-refractivity contribution in [2.24, 2.45) is 11.8 Å². The van der Waals surface area contributed by atoms with Crippen LogP contribution in [0.25, 0.3) is 0 Å². The molecule has 0 saturated carbocycles. The molecule has 1 aliphatic carbocycles. The lowest BCUT2D eigenvalue weighted by atomic mass is 10.00. The van der Waals surface area contributed by atoms with Crippen molar-refractivity contribution in [2.75, 3.05) is 0 Å². The van der Waals surface area contributed by atoms with Crippen molar-refractivity contribution < 1.29 is 0 Å². The van der Waals surface area contributed by atoms with Gasteiger partial charge >= 0.3 is 0 Å². The average molecular weight is 174 g/mol. The number of rotatable bonds is 3. The summed E-state index contributed by atoms with van der Waals surface area (Å²) in [7, 11) is 0. The van der Waals surface area contributed by atoms with Gasteiger partial charge in [-0.25, -0.2) is 0 Å². The molecule has 0 aromatic rings. The SMILES string of the molecule is C=CC(C)C1=CC=CC(CC)C=C1. The molecule has 70 valence electrons. The molecule has 2 unspecified atom stereocenters. The lowest BCUT2D eigenvalue weighted by molar-refractivity contribution is 0.773. The van der Waals surface area contributed by atoms with Gasteiger partial charge in [-0.05, 0) is 23.8 Å². The minimum absolute atomic E-state index is 0.455. The number of hydrogen-bond acceptors (Lipinski definition) is 0. The van der Waals surface area contributed by atoms with Gasteiger partial charge in [0.1, 0.15) is 0 Å². The Labute approximate surface area is 81.4 Å². The van der Waals surface area contributed by atoms with Crippen molar-refractivity contribution in [2.45, 2.75) is 20.3 Å². The lowest BCUT2D eigenvalue weighted by Crippen LogP contribution is -1.91. The van der Waals surface area contributed by atoms with Gasteiger partial charge in [0.15, 0.2) is 0 Å². The Kier molecular flexibility index (Phi) is 3.75. The molecule has 0 aliphatic heterocycles. The second kappa shape index (κ2) is 4.86. The third-order valence-corrected chi connectivity index (χ3v) is 2.53. The molecule has 1 rings (SSSR count). The molecule has 2 atom stereocenters. The standard InChI is InChI=1S/C13H18/c1-4-11(3)13-8-6-7-12(5-2)9-10-13/h4,6-12H,1,5H2,2-3H3.